The van der Waals surface area contributed by atoms with Gasteiger partial charge in [-0.15, -0.1) is 0 Å². The second-order valence-electron chi connectivity index (χ2n) is 5.25. The van der Waals surface area contributed by atoms with Gasteiger partial charge in [-0.3, -0.25) is 0 Å². The molecule has 0 spiro atoms. The molecule has 1 heteroatoms. The fraction of sp³-hybridized carbons (Fsp3) is 0.500. The van der Waals surface area contributed by atoms with Crippen molar-refractivity contribution in [1.29, 1.82) is 0 Å². The van der Waals surface area contributed by atoms with Crippen molar-refractivity contribution in [2.45, 2.75) is 52.1 Å². The van der Waals surface area contributed by atoms with Gasteiger partial charge in [0.2, 0.25) is 0 Å². The van der Waals surface area contributed by atoms with Crippen molar-refractivity contribution >= 4 is 0 Å². The van der Waals surface area contributed by atoms with Gasteiger partial charge in [-0.2, -0.15) is 0 Å². The van der Waals surface area contributed by atoms with E-state index in [0.29, 0.717) is 0 Å². The molecule has 1 aromatic carbocycles. The highest BCUT2D eigenvalue weighted by molar-refractivity contribution is 5.30. The zero-order valence-corrected chi connectivity index (χ0v) is 10.9. The molecule has 0 aromatic heterocycles. The van der Waals surface area contributed by atoms with E-state index in [-0.39, 0.29) is 6.10 Å². The van der Waals surface area contributed by atoms with Gasteiger partial charge in [-0.25, -0.2) is 0 Å². The van der Waals surface area contributed by atoms with Crippen LogP contribution in [0, 0.1) is 13.8 Å². The van der Waals surface area contributed by atoms with E-state index in [9.17, 15) is 5.11 Å². The van der Waals surface area contributed by atoms with Crippen LogP contribution >= 0.6 is 0 Å². The molecule has 17 heavy (non-hydrogen) atoms. The summed E-state index contributed by atoms with van der Waals surface area (Å²) in [6.07, 6.45) is 7.74. The normalized spacial score (nSPS) is 17.7. The lowest BCUT2D eigenvalue weighted by molar-refractivity contribution is 0.176. The van der Waals surface area contributed by atoms with E-state index in [1.807, 2.05) is 0 Å². The molecule has 1 atom stereocenters. The molecule has 1 aromatic rings. The van der Waals surface area contributed by atoms with Crippen LogP contribution in [0.4, 0.5) is 0 Å². The van der Waals surface area contributed by atoms with Crippen LogP contribution in [0.5, 0.6) is 0 Å². The van der Waals surface area contributed by atoms with Crippen molar-refractivity contribution in [3.63, 3.8) is 0 Å². The number of hydrogen-bond donors (Lipinski definition) is 1. The molecule has 0 saturated heterocycles. The topological polar surface area (TPSA) is 20.2 Å². The van der Waals surface area contributed by atoms with E-state index in [4.69, 9.17) is 0 Å². The van der Waals surface area contributed by atoms with E-state index in [1.165, 1.54) is 42.4 Å². The predicted molar refractivity (Wildman–Crippen MR) is 72.0 cm³/mol. The molecule has 92 valence electrons. The first kappa shape index (κ1) is 12.4. The Bertz CT molecular complexity index is 397. The third-order valence-corrected chi connectivity index (χ3v) is 3.47. The van der Waals surface area contributed by atoms with Crippen LogP contribution in [-0.4, -0.2) is 5.11 Å². The smallest absolute Gasteiger partial charge is 0.0827 e. The van der Waals surface area contributed by atoms with Gasteiger partial charge in [0.1, 0.15) is 0 Å². The SMILES string of the molecule is Cc1cc(C)cc(C(O)CC2=CCCCC2)c1. The molecule has 1 aliphatic rings. The molecule has 2 rings (SSSR count). The summed E-state index contributed by atoms with van der Waals surface area (Å²) in [6, 6.07) is 6.35. The van der Waals surface area contributed by atoms with Crippen LogP contribution in [0.3, 0.4) is 0 Å². The number of aliphatic hydroxyl groups is 1. The Morgan fingerprint density at radius 1 is 1.12 bits per heavy atom. The monoisotopic (exact) mass is 230 g/mol. The fourth-order valence-electron chi connectivity index (χ4n) is 2.66. The number of benzene rings is 1. The van der Waals surface area contributed by atoms with Crippen LogP contribution in [-0.2, 0) is 0 Å². The minimum Gasteiger partial charge on any atom is -0.388 e. The molecule has 1 nitrogen and oxygen atoms in total. The Kier molecular flexibility index (Phi) is 4.01. The summed E-state index contributed by atoms with van der Waals surface area (Å²) in [7, 11) is 0. The maximum Gasteiger partial charge on any atom is 0.0827 e. The summed E-state index contributed by atoms with van der Waals surface area (Å²) in [5, 5.41) is 10.3. The minimum atomic E-state index is -0.335. The molecule has 1 N–H and O–H groups in total. The second kappa shape index (κ2) is 5.50. The molecular formula is C16H22O. The molecule has 1 aliphatic carbocycles. The van der Waals surface area contributed by atoms with Crippen molar-refractivity contribution in [3.05, 3.63) is 46.5 Å². The number of rotatable bonds is 3. The van der Waals surface area contributed by atoms with Crippen molar-refractivity contribution < 1.29 is 5.11 Å². The molecule has 0 bridgehead atoms. The van der Waals surface area contributed by atoms with Gasteiger partial charge in [0.15, 0.2) is 0 Å². The van der Waals surface area contributed by atoms with E-state index in [1.54, 1.807) is 0 Å². The summed E-state index contributed by atoms with van der Waals surface area (Å²) >= 11 is 0. The lowest BCUT2D eigenvalue weighted by Gasteiger charge is -2.17. The van der Waals surface area contributed by atoms with Crippen molar-refractivity contribution in [2.24, 2.45) is 0 Å². The average molecular weight is 230 g/mol. The maximum absolute atomic E-state index is 10.3. The van der Waals surface area contributed by atoms with Crippen molar-refractivity contribution in [2.75, 3.05) is 0 Å². The molecule has 0 radical (unpaired) electrons. The highest BCUT2D eigenvalue weighted by Gasteiger charge is 2.12. The fourth-order valence-corrected chi connectivity index (χ4v) is 2.66. The Labute approximate surface area is 104 Å². The summed E-state index contributed by atoms with van der Waals surface area (Å²) in [4.78, 5) is 0. The van der Waals surface area contributed by atoms with Crippen LogP contribution < -0.4 is 0 Å². The van der Waals surface area contributed by atoms with Crippen LogP contribution in [0.2, 0.25) is 0 Å². The first-order chi connectivity index (χ1) is 8.15. The Morgan fingerprint density at radius 2 is 1.82 bits per heavy atom. The molecule has 1 unspecified atom stereocenters. The molecule has 0 amide bonds. The third-order valence-electron chi connectivity index (χ3n) is 3.47. The highest BCUT2D eigenvalue weighted by Crippen LogP contribution is 2.28. The van der Waals surface area contributed by atoms with Crippen LogP contribution in [0.15, 0.2) is 29.8 Å². The number of allylic oxidation sites excluding steroid dienone is 1. The maximum atomic E-state index is 10.3. The third kappa shape index (κ3) is 3.44. The van der Waals surface area contributed by atoms with Gasteiger partial charge < -0.3 is 5.11 Å². The van der Waals surface area contributed by atoms with E-state index in [2.05, 4.69) is 38.1 Å². The highest BCUT2D eigenvalue weighted by atomic mass is 16.3. The minimum absolute atomic E-state index is 0.335. The largest absolute Gasteiger partial charge is 0.388 e. The van der Waals surface area contributed by atoms with Crippen LogP contribution in [0.1, 0.15) is 54.9 Å². The molecular weight excluding hydrogens is 208 g/mol. The molecule has 0 aliphatic heterocycles. The standard InChI is InChI=1S/C16H22O/c1-12-8-13(2)10-15(9-12)16(17)11-14-6-4-3-5-7-14/h6,8-10,16-17H,3-5,7,11H2,1-2H3. The molecule has 0 saturated carbocycles. The lowest BCUT2D eigenvalue weighted by Crippen LogP contribution is -2.02. The van der Waals surface area contributed by atoms with E-state index >= 15 is 0 Å². The lowest BCUT2D eigenvalue weighted by atomic mass is 9.92. The second-order valence-corrected chi connectivity index (χ2v) is 5.25. The Hall–Kier alpha value is -1.08. The van der Waals surface area contributed by atoms with Gasteiger partial charge in [0.25, 0.3) is 0 Å². The van der Waals surface area contributed by atoms with Crippen molar-refractivity contribution in [1.82, 2.24) is 0 Å². The van der Waals surface area contributed by atoms with Gasteiger partial charge in [0.05, 0.1) is 6.10 Å². The number of aryl methyl sites for hydroxylation is 2. The zero-order valence-electron chi connectivity index (χ0n) is 10.9. The van der Waals surface area contributed by atoms with Crippen molar-refractivity contribution in [3.8, 4) is 0 Å². The molecule has 0 heterocycles. The Balaban J connectivity index is 2.08. The number of aliphatic hydroxyl groups excluding tert-OH is 1. The van der Waals surface area contributed by atoms with Gasteiger partial charge in [0, 0.05) is 0 Å². The van der Waals surface area contributed by atoms with Crippen LogP contribution in [0.25, 0.3) is 0 Å². The number of hydrogen-bond acceptors (Lipinski definition) is 1. The van der Waals surface area contributed by atoms with E-state index < -0.39 is 0 Å². The predicted octanol–water partition coefficient (Wildman–Crippen LogP) is 4.23. The van der Waals surface area contributed by atoms with Gasteiger partial charge in [-0.1, -0.05) is 41.0 Å². The zero-order chi connectivity index (χ0) is 12.3. The Morgan fingerprint density at radius 3 is 2.41 bits per heavy atom. The van der Waals surface area contributed by atoms with E-state index in [0.717, 1.165) is 12.0 Å². The first-order valence-corrected chi connectivity index (χ1v) is 6.59. The average Bonchev–Trinajstić information content (AvgIpc) is 2.29. The summed E-state index contributed by atoms with van der Waals surface area (Å²) in [5.41, 5.74) is 4.96. The summed E-state index contributed by atoms with van der Waals surface area (Å²) < 4.78 is 0. The van der Waals surface area contributed by atoms with Gasteiger partial charge in [-0.05, 0) is 51.5 Å². The van der Waals surface area contributed by atoms with Gasteiger partial charge >= 0.3 is 0 Å². The quantitative estimate of drug-likeness (QED) is 0.770. The summed E-state index contributed by atoms with van der Waals surface area (Å²) in [5.74, 6) is 0. The molecule has 0 fully saturated rings. The summed E-state index contributed by atoms with van der Waals surface area (Å²) in [6.45, 7) is 4.17. The first-order valence-electron chi connectivity index (χ1n) is 6.59.